The van der Waals surface area contributed by atoms with E-state index in [1.165, 1.54) is 11.3 Å². The fraction of sp³-hybridized carbons (Fsp3) is 0.714. The molecule has 0 radical (unpaired) electrons. The number of aromatic nitrogens is 2. The van der Waals surface area contributed by atoms with E-state index in [0.29, 0.717) is 6.54 Å². The van der Waals surface area contributed by atoms with Gasteiger partial charge in [-0.3, -0.25) is 14.4 Å². The van der Waals surface area contributed by atoms with E-state index < -0.39 is 5.97 Å². The Morgan fingerprint density at radius 2 is 2.16 bits per heavy atom. The Kier molecular flexibility index (Phi) is 3.94. The minimum atomic E-state index is -0.670. The van der Waals surface area contributed by atoms with Gasteiger partial charge in [-0.1, -0.05) is 0 Å². The van der Waals surface area contributed by atoms with Crippen molar-refractivity contribution >= 4 is 5.97 Å². The van der Waals surface area contributed by atoms with Crippen LogP contribution in [0.4, 0.5) is 0 Å². The molecular weight excluding hydrogens is 242 g/mol. The maximum absolute atomic E-state index is 11.2. The van der Waals surface area contributed by atoms with Crippen LogP contribution in [0.5, 0.6) is 0 Å². The first-order valence-electron chi connectivity index (χ1n) is 6.88. The molecule has 0 aromatic carbocycles. The molecule has 1 N–H and O–H groups in total. The number of aliphatic carboxylic acids is 1. The van der Waals surface area contributed by atoms with Crippen molar-refractivity contribution in [1.82, 2.24) is 14.7 Å². The molecule has 0 aliphatic carbocycles. The highest BCUT2D eigenvalue weighted by molar-refractivity contribution is 5.70. The molecule has 2 rings (SSSR count). The number of carbonyl (C=O) groups is 1. The van der Waals surface area contributed by atoms with E-state index in [1.807, 2.05) is 18.7 Å². The van der Waals surface area contributed by atoms with Crippen LogP contribution in [0.15, 0.2) is 0 Å². The van der Waals surface area contributed by atoms with Crippen LogP contribution in [0.2, 0.25) is 0 Å². The Labute approximate surface area is 114 Å². The summed E-state index contributed by atoms with van der Waals surface area (Å²) in [6.07, 6.45) is 1.75. The molecule has 2 unspecified atom stereocenters. The lowest BCUT2D eigenvalue weighted by atomic mass is 9.95. The Balaban J connectivity index is 2.19. The van der Waals surface area contributed by atoms with Crippen molar-refractivity contribution in [2.75, 3.05) is 13.1 Å². The first-order valence-corrected chi connectivity index (χ1v) is 6.88. The second-order valence-corrected chi connectivity index (χ2v) is 5.56. The van der Waals surface area contributed by atoms with Crippen molar-refractivity contribution in [3.8, 4) is 0 Å². The van der Waals surface area contributed by atoms with E-state index in [1.54, 1.807) is 0 Å². The molecule has 0 spiro atoms. The lowest BCUT2D eigenvalue weighted by Gasteiger charge is -2.35. The van der Waals surface area contributed by atoms with Crippen LogP contribution >= 0.6 is 0 Å². The quantitative estimate of drug-likeness (QED) is 0.906. The van der Waals surface area contributed by atoms with Gasteiger partial charge in [0, 0.05) is 30.9 Å². The van der Waals surface area contributed by atoms with Crippen LogP contribution in [-0.2, 0) is 11.8 Å². The average Bonchev–Trinajstić information content (AvgIpc) is 2.62. The third-order valence-electron chi connectivity index (χ3n) is 4.33. The van der Waals surface area contributed by atoms with Crippen molar-refractivity contribution in [1.29, 1.82) is 0 Å². The van der Waals surface area contributed by atoms with Gasteiger partial charge in [-0.05, 0) is 40.2 Å². The molecule has 1 aromatic heterocycles. The highest BCUT2D eigenvalue weighted by Gasteiger charge is 2.30. The summed E-state index contributed by atoms with van der Waals surface area (Å²) in [6, 6.07) is 0.232. The van der Waals surface area contributed by atoms with Gasteiger partial charge in [-0.15, -0.1) is 0 Å². The second kappa shape index (κ2) is 5.33. The highest BCUT2D eigenvalue weighted by Crippen LogP contribution is 2.30. The van der Waals surface area contributed by atoms with Gasteiger partial charge < -0.3 is 5.11 Å². The number of carboxylic acids is 1. The van der Waals surface area contributed by atoms with E-state index in [4.69, 9.17) is 0 Å². The van der Waals surface area contributed by atoms with Gasteiger partial charge >= 0.3 is 5.97 Å². The zero-order valence-electron chi connectivity index (χ0n) is 12.2. The summed E-state index contributed by atoms with van der Waals surface area (Å²) in [6.45, 7) is 7.87. The number of likely N-dealkylation sites (tertiary alicyclic amines) is 1. The van der Waals surface area contributed by atoms with Crippen LogP contribution in [0.1, 0.15) is 42.8 Å². The fourth-order valence-corrected chi connectivity index (χ4v) is 3.14. The van der Waals surface area contributed by atoms with Gasteiger partial charge in [-0.25, -0.2) is 0 Å². The average molecular weight is 265 g/mol. The minimum Gasteiger partial charge on any atom is -0.481 e. The molecule has 0 bridgehead atoms. The fourth-order valence-electron chi connectivity index (χ4n) is 3.14. The molecule has 2 atom stereocenters. The lowest BCUT2D eigenvalue weighted by Crippen LogP contribution is -2.40. The van der Waals surface area contributed by atoms with E-state index in [0.717, 1.165) is 25.1 Å². The van der Waals surface area contributed by atoms with Gasteiger partial charge in [0.25, 0.3) is 0 Å². The summed E-state index contributed by atoms with van der Waals surface area (Å²) in [5, 5.41) is 13.6. The summed E-state index contributed by atoms with van der Waals surface area (Å²) < 4.78 is 1.90. The molecule has 1 fully saturated rings. The predicted octanol–water partition coefficient (Wildman–Crippen LogP) is 1.89. The Morgan fingerprint density at radius 1 is 1.47 bits per heavy atom. The van der Waals surface area contributed by atoms with Gasteiger partial charge in [0.2, 0.25) is 0 Å². The smallest absolute Gasteiger partial charge is 0.307 e. The molecule has 1 saturated heterocycles. The maximum Gasteiger partial charge on any atom is 0.307 e. The van der Waals surface area contributed by atoms with Gasteiger partial charge in [0.1, 0.15) is 0 Å². The van der Waals surface area contributed by atoms with Crippen LogP contribution in [0.25, 0.3) is 0 Å². The second-order valence-electron chi connectivity index (χ2n) is 5.56. The third kappa shape index (κ3) is 2.66. The van der Waals surface area contributed by atoms with Crippen molar-refractivity contribution < 1.29 is 9.90 Å². The number of hydrogen-bond acceptors (Lipinski definition) is 3. The molecule has 0 saturated carbocycles. The minimum absolute atomic E-state index is 0.228. The zero-order chi connectivity index (χ0) is 14.2. The van der Waals surface area contributed by atoms with Gasteiger partial charge in [0.15, 0.2) is 0 Å². The summed E-state index contributed by atoms with van der Waals surface area (Å²) in [5.74, 6) is -0.898. The van der Waals surface area contributed by atoms with E-state index in [-0.39, 0.29) is 12.0 Å². The Bertz CT molecular complexity index is 481. The van der Waals surface area contributed by atoms with Crippen molar-refractivity contribution in [3.05, 3.63) is 17.0 Å². The van der Waals surface area contributed by atoms with Crippen molar-refractivity contribution in [2.45, 2.75) is 39.7 Å². The first-order chi connectivity index (χ1) is 8.91. The predicted molar refractivity (Wildman–Crippen MR) is 73.0 cm³/mol. The number of carboxylic acid groups (broad SMARTS) is 1. The first kappa shape index (κ1) is 14.1. The summed E-state index contributed by atoms with van der Waals surface area (Å²) >= 11 is 0. The van der Waals surface area contributed by atoms with E-state index in [2.05, 4.69) is 23.8 Å². The monoisotopic (exact) mass is 265 g/mol. The molecule has 19 heavy (non-hydrogen) atoms. The maximum atomic E-state index is 11.2. The molecule has 106 valence electrons. The Morgan fingerprint density at radius 3 is 2.68 bits per heavy atom. The normalized spacial score (nSPS) is 22.4. The summed E-state index contributed by atoms with van der Waals surface area (Å²) in [4.78, 5) is 13.4. The van der Waals surface area contributed by atoms with E-state index >= 15 is 0 Å². The molecule has 0 amide bonds. The van der Waals surface area contributed by atoms with Crippen LogP contribution in [0, 0.1) is 19.8 Å². The lowest BCUT2D eigenvalue weighted by molar-refractivity contribution is -0.143. The SMILES string of the molecule is Cc1nn(C)c(C)c1C(C)N1CCCC(C(=O)O)C1. The topological polar surface area (TPSA) is 58.4 Å². The number of nitrogens with zero attached hydrogens (tertiary/aromatic N) is 3. The van der Waals surface area contributed by atoms with Crippen LogP contribution in [-0.4, -0.2) is 38.8 Å². The molecule has 5 heteroatoms. The standard InChI is InChI=1S/C14H23N3O2/c1-9-13(10(2)16(4)15-9)11(3)17-7-5-6-12(8-17)14(18)19/h11-12H,5-8H2,1-4H3,(H,18,19). The van der Waals surface area contributed by atoms with Crippen LogP contribution in [0.3, 0.4) is 0 Å². The molecule has 1 aliphatic heterocycles. The third-order valence-corrected chi connectivity index (χ3v) is 4.33. The molecule has 1 aromatic rings. The molecular formula is C14H23N3O2. The number of piperidine rings is 1. The van der Waals surface area contributed by atoms with Crippen molar-refractivity contribution in [2.24, 2.45) is 13.0 Å². The van der Waals surface area contributed by atoms with Crippen LogP contribution < -0.4 is 0 Å². The summed E-state index contributed by atoms with van der Waals surface area (Å²) in [5.41, 5.74) is 3.46. The largest absolute Gasteiger partial charge is 0.481 e. The highest BCUT2D eigenvalue weighted by atomic mass is 16.4. The number of aryl methyl sites for hydroxylation is 2. The number of rotatable bonds is 3. The number of hydrogen-bond donors (Lipinski definition) is 1. The summed E-state index contributed by atoms with van der Waals surface area (Å²) in [7, 11) is 1.95. The van der Waals surface area contributed by atoms with Gasteiger partial charge in [0.05, 0.1) is 11.6 Å². The van der Waals surface area contributed by atoms with E-state index in [9.17, 15) is 9.90 Å². The molecule has 1 aliphatic rings. The van der Waals surface area contributed by atoms with Gasteiger partial charge in [-0.2, -0.15) is 5.10 Å². The molecule has 5 nitrogen and oxygen atoms in total. The molecule has 2 heterocycles. The Hall–Kier alpha value is -1.36. The zero-order valence-corrected chi connectivity index (χ0v) is 12.2. The van der Waals surface area contributed by atoms with Crippen molar-refractivity contribution in [3.63, 3.8) is 0 Å².